The minimum atomic E-state index is -1.69. The highest BCUT2D eigenvalue weighted by Gasteiger charge is 2.43. The van der Waals surface area contributed by atoms with E-state index in [4.69, 9.17) is 11.6 Å². The Morgan fingerprint density at radius 1 is 1.19 bits per heavy atom. The van der Waals surface area contributed by atoms with Crippen LogP contribution in [0.25, 0.3) is 0 Å². The number of benzene rings is 1. The van der Waals surface area contributed by atoms with Crippen LogP contribution in [-0.2, 0) is 0 Å². The number of phenols is 1. The van der Waals surface area contributed by atoms with E-state index in [0.29, 0.717) is 18.9 Å². The lowest BCUT2D eigenvalue weighted by Gasteiger charge is -2.37. The molecule has 0 radical (unpaired) electrons. The Hall–Kier alpha value is -1.43. The van der Waals surface area contributed by atoms with Gasteiger partial charge in [-0.3, -0.25) is 4.79 Å². The molecule has 0 aromatic heterocycles. The number of carbonyl (C=O) groups excluding carboxylic acids is 1. The van der Waals surface area contributed by atoms with Crippen LogP contribution in [0.1, 0.15) is 36.0 Å². The van der Waals surface area contributed by atoms with Crippen LogP contribution in [0.2, 0.25) is 0 Å². The summed E-state index contributed by atoms with van der Waals surface area (Å²) in [6.07, 6.45) is 2.72. The highest BCUT2D eigenvalue weighted by Crippen LogP contribution is 2.39. The SMILES string of the molecule is O=C(c1cc(F)c(F)c(O)c1F)N1C2CCC1CC(Cl)C2. The molecule has 2 aliphatic rings. The molecule has 2 fully saturated rings. The number of hydrogen-bond donors (Lipinski definition) is 1. The van der Waals surface area contributed by atoms with Gasteiger partial charge in [-0.25, -0.2) is 8.78 Å². The molecule has 3 rings (SSSR count). The van der Waals surface area contributed by atoms with Crippen LogP contribution < -0.4 is 0 Å². The summed E-state index contributed by atoms with van der Waals surface area (Å²) in [6, 6.07) is 0.265. The van der Waals surface area contributed by atoms with Crippen molar-refractivity contribution in [3.8, 4) is 5.75 Å². The van der Waals surface area contributed by atoms with Gasteiger partial charge < -0.3 is 10.0 Å². The molecule has 2 aliphatic heterocycles. The molecule has 0 spiro atoms. The van der Waals surface area contributed by atoms with Crippen molar-refractivity contribution >= 4 is 17.5 Å². The van der Waals surface area contributed by atoms with Crippen molar-refractivity contribution in [2.45, 2.75) is 43.1 Å². The highest BCUT2D eigenvalue weighted by atomic mass is 35.5. The van der Waals surface area contributed by atoms with Gasteiger partial charge >= 0.3 is 0 Å². The number of halogens is 4. The first-order valence-corrected chi connectivity index (χ1v) is 7.17. The van der Waals surface area contributed by atoms with Gasteiger partial charge in [-0.15, -0.1) is 11.6 Å². The third-order valence-corrected chi connectivity index (χ3v) is 4.63. The maximum Gasteiger partial charge on any atom is 0.257 e. The second-order valence-electron chi connectivity index (χ2n) is 5.55. The lowest BCUT2D eigenvalue weighted by Crippen LogP contribution is -2.47. The van der Waals surface area contributed by atoms with E-state index in [-0.39, 0.29) is 17.5 Å². The van der Waals surface area contributed by atoms with Crippen LogP contribution in [0.4, 0.5) is 13.2 Å². The first kappa shape index (κ1) is 14.5. The summed E-state index contributed by atoms with van der Waals surface area (Å²) in [7, 11) is 0. The van der Waals surface area contributed by atoms with Crippen LogP contribution in [0, 0.1) is 17.5 Å². The molecule has 2 saturated heterocycles. The summed E-state index contributed by atoms with van der Waals surface area (Å²) in [5, 5.41) is 9.19. The predicted molar refractivity (Wildman–Crippen MR) is 69.8 cm³/mol. The zero-order valence-electron chi connectivity index (χ0n) is 11.0. The molecule has 2 bridgehead atoms. The molecule has 0 saturated carbocycles. The average Bonchev–Trinajstić information content (AvgIpc) is 2.72. The molecule has 21 heavy (non-hydrogen) atoms. The molecular formula is C14H13ClF3NO2. The number of fused-ring (bicyclic) bond motifs is 2. The Balaban J connectivity index is 1.97. The fourth-order valence-electron chi connectivity index (χ4n) is 3.33. The summed E-state index contributed by atoms with van der Waals surface area (Å²) >= 11 is 6.10. The fraction of sp³-hybridized carbons (Fsp3) is 0.500. The number of nitrogens with zero attached hydrogens (tertiary/aromatic N) is 1. The zero-order chi connectivity index (χ0) is 15.3. The van der Waals surface area contributed by atoms with Gasteiger partial charge in [-0.1, -0.05) is 0 Å². The van der Waals surface area contributed by atoms with E-state index in [9.17, 15) is 23.1 Å². The standard InChI is InChI=1S/C14H13ClF3NO2/c15-6-3-7-1-2-8(4-6)19(7)14(21)9-5-10(16)12(18)13(20)11(9)17/h5-8,20H,1-4H2. The van der Waals surface area contributed by atoms with Crippen LogP contribution >= 0.6 is 11.6 Å². The summed E-state index contributed by atoms with van der Waals surface area (Å²) in [4.78, 5) is 13.9. The van der Waals surface area contributed by atoms with Crippen LogP contribution in [-0.4, -0.2) is 33.4 Å². The molecular weight excluding hydrogens is 307 g/mol. The Bertz CT molecular complexity index is 596. The van der Waals surface area contributed by atoms with E-state index in [0.717, 1.165) is 12.8 Å². The number of carbonyl (C=O) groups is 1. The number of phenolic OH excluding ortho intramolecular Hbond substituents is 1. The highest BCUT2D eigenvalue weighted by molar-refractivity contribution is 6.20. The molecule has 1 N–H and O–H groups in total. The Labute approximate surface area is 124 Å². The normalized spacial score (nSPS) is 28.0. The number of alkyl halides is 1. The number of hydrogen-bond acceptors (Lipinski definition) is 2. The molecule has 7 heteroatoms. The van der Waals surface area contributed by atoms with E-state index in [2.05, 4.69) is 0 Å². The molecule has 2 heterocycles. The predicted octanol–water partition coefficient (Wildman–Crippen LogP) is 3.18. The molecule has 1 aromatic rings. The second kappa shape index (κ2) is 5.09. The van der Waals surface area contributed by atoms with Crippen LogP contribution in [0.15, 0.2) is 6.07 Å². The van der Waals surface area contributed by atoms with Gasteiger partial charge in [-0.2, -0.15) is 4.39 Å². The third-order valence-electron chi connectivity index (χ3n) is 4.27. The lowest BCUT2D eigenvalue weighted by atomic mass is 10.0. The van der Waals surface area contributed by atoms with Gasteiger partial charge in [0.05, 0.1) is 5.56 Å². The molecule has 3 nitrogen and oxygen atoms in total. The maximum atomic E-state index is 13.9. The summed E-state index contributed by atoms with van der Waals surface area (Å²) in [5.74, 6) is -6.75. The number of piperidine rings is 1. The van der Waals surface area contributed by atoms with Crippen molar-refractivity contribution in [2.24, 2.45) is 0 Å². The van der Waals surface area contributed by atoms with Crippen LogP contribution in [0.5, 0.6) is 5.75 Å². The quantitative estimate of drug-likeness (QED) is 0.638. The number of rotatable bonds is 1. The van der Waals surface area contributed by atoms with Gasteiger partial charge in [0.1, 0.15) is 0 Å². The van der Waals surface area contributed by atoms with Crippen molar-refractivity contribution in [3.63, 3.8) is 0 Å². The fourth-order valence-corrected chi connectivity index (χ4v) is 3.74. The molecule has 114 valence electrons. The van der Waals surface area contributed by atoms with E-state index in [1.807, 2.05) is 0 Å². The molecule has 1 aromatic carbocycles. The first-order valence-electron chi connectivity index (χ1n) is 6.73. The van der Waals surface area contributed by atoms with E-state index < -0.39 is 34.7 Å². The van der Waals surface area contributed by atoms with E-state index in [1.54, 1.807) is 0 Å². The third kappa shape index (κ3) is 2.25. The van der Waals surface area contributed by atoms with Crippen molar-refractivity contribution in [3.05, 3.63) is 29.1 Å². The first-order chi connectivity index (χ1) is 9.90. The largest absolute Gasteiger partial charge is 0.503 e. The summed E-state index contributed by atoms with van der Waals surface area (Å²) in [6.45, 7) is 0. The monoisotopic (exact) mass is 319 g/mol. The van der Waals surface area contributed by atoms with Crippen molar-refractivity contribution in [1.29, 1.82) is 0 Å². The van der Waals surface area contributed by atoms with E-state index in [1.165, 1.54) is 4.90 Å². The molecule has 2 atom stereocenters. The second-order valence-corrected chi connectivity index (χ2v) is 6.17. The average molecular weight is 320 g/mol. The van der Waals surface area contributed by atoms with Gasteiger partial charge in [0, 0.05) is 17.5 Å². The Kier molecular flexibility index (Phi) is 3.51. The molecule has 0 aliphatic carbocycles. The Morgan fingerprint density at radius 3 is 2.33 bits per heavy atom. The molecule has 1 amide bonds. The van der Waals surface area contributed by atoms with Crippen molar-refractivity contribution in [1.82, 2.24) is 4.90 Å². The van der Waals surface area contributed by atoms with E-state index >= 15 is 0 Å². The Morgan fingerprint density at radius 2 is 1.76 bits per heavy atom. The maximum absolute atomic E-state index is 13.9. The van der Waals surface area contributed by atoms with Gasteiger partial charge in [0.15, 0.2) is 17.4 Å². The smallest absolute Gasteiger partial charge is 0.257 e. The van der Waals surface area contributed by atoms with Crippen LogP contribution in [0.3, 0.4) is 0 Å². The lowest BCUT2D eigenvalue weighted by molar-refractivity contribution is 0.0593. The minimum Gasteiger partial charge on any atom is -0.503 e. The number of aromatic hydroxyl groups is 1. The summed E-state index contributed by atoms with van der Waals surface area (Å²) < 4.78 is 40.3. The zero-order valence-corrected chi connectivity index (χ0v) is 11.7. The van der Waals surface area contributed by atoms with Gasteiger partial charge in [0.25, 0.3) is 5.91 Å². The van der Waals surface area contributed by atoms with Gasteiger partial charge in [0.2, 0.25) is 5.82 Å². The minimum absolute atomic E-state index is 0.0326. The van der Waals surface area contributed by atoms with Crippen molar-refractivity contribution < 1.29 is 23.1 Å². The summed E-state index contributed by atoms with van der Waals surface area (Å²) in [5.41, 5.74) is -0.642. The number of amides is 1. The molecule has 2 unspecified atom stereocenters. The topological polar surface area (TPSA) is 40.5 Å². The van der Waals surface area contributed by atoms with Crippen molar-refractivity contribution in [2.75, 3.05) is 0 Å². The van der Waals surface area contributed by atoms with Gasteiger partial charge in [-0.05, 0) is 31.7 Å².